The van der Waals surface area contributed by atoms with Gasteiger partial charge in [-0.3, -0.25) is 4.99 Å². The van der Waals surface area contributed by atoms with E-state index in [1.165, 1.54) is 51.4 Å². The number of rotatable bonds is 4. The van der Waals surface area contributed by atoms with E-state index in [9.17, 15) is 0 Å². The molecule has 3 saturated carbocycles. The summed E-state index contributed by atoms with van der Waals surface area (Å²) in [5.41, 5.74) is 6.03. The van der Waals surface area contributed by atoms with Crippen LogP contribution in [0, 0.1) is 17.8 Å². The van der Waals surface area contributed by atoms with E-state index >= 15 is 0 Å². The maximum absolute atomic E-state index is 6.03. The van der Waals surface area contributed by atoms with Crippen molar-refractivity contribution in [2.24, 2.45) is 28.5 Å². The summed E-state index contributed by atoms with van der Waals surface area (Å²) in [5, 5.41) is 0. The third-order valence-electron chi connectivity index (χ3n) is 5.18. The molecule has 0 saturated heterocycles. The predicted octanol–water partition coefficient (Wildman–Crippen LogP) is 2.61. The first-order chi connectivity index (χ1) is 8.75. The molecule has 3 aliphatic rings. The topological polar surface area (TPSA) is 41.6 Å². The Morgan fingerprint density at radius 1 is 1.17 bits per heavy atom. The van der Waals surface area contributed by atoms with Crippen LogP contribution in [0.5, 0.6) is 0 Å². The molecule has 0 aromatic heterocycles. The molecular weight excluding hydrogens is 222 g/mol. The van der Waals surface area contributed by atoms with Gasteiger partial charge in [0.2, 0.25) is 0 Å². The van der Waals surface area contributed by atoms with Crippen molar-refractivity contribution in [3.63, 3.8) is 0 Å². The van der Waals surface area contributed by atoms with Gasteiger partial charge in [0.1, 0.15) is 0 Å². The lowest BCUT2D eigenvalue weighted by Crippen LogP contribution is -2.35. The molecule has 3 heteroatoms. The maximum Gasteiger partial charge on any atom is 0.191 e. The van der Waals surface area contributed by atoms with Crippen molar-refractivity contribution in [2.45, 2.75) is 57.4 Å². The first-order valence-corrected chi connectivity index (χ1v) is 7.78. The summed E-state index contributed by atoms with van der Waals surface area (Å²) in [4.78, 5) is 6.78. The van der Waals surface area contributed by atoms with Crippen LogP contribution in [0.2, 0.25) is 0 Å². The van der Waals surface area contributed by atoms with E-state index in [0.29, 0.717) is 6.04 Å². The van der Waals surface area contributed by atoms with Gasteiger partial charge in [-0.15, -0.1) is 0 Å². The van der Waals surface area contributed by atoms with E-state index in [2.05, 4.69) is 16.9 Å². The Morgan fingerprint density at radius 2 is 1.89 bits per heavy atom. The normalized spacial score (nSPS) is 33.5. The standard InChI is InChI=1S/C15H27N3/c1-18(13-7-8-13)15(16)17-10-12-9-14(12)11-5-3-2-4-6-11/h11-14H,2-10H2,1H3,(H2,16,17)/t12-,14-/m0/s1. The molecule has 0 aromatic rings. The summed E-state index contributed by atoms with van der Waals surface area (Å²) in [7, 11) is 2.09. The zero-order valence-electron chi connectivity index (χ0n) is 11.6. The van der Waals surface area contributed by atoms with Crippen molar-refractivity contribution in [3.8, 4) is 0 Å². The number of nitrogens with zero attached hydrogens (tertiary/aromatic N) is 2. The van der Waals surface area contributed by atoms with Gasteiger partial charge in [0.25, 0.3) is 0 Å². The molecule has 0 heterocycles. The molecule has 102 valence electrons. The third-order valence-corrected chi connectivity index (χ3v) is 5.18. The van der Waals surface area contributed by atoms with Gasteiger partial charge in [-0.25, -0.2) is 0 Å². The quantitative estimate of drug-likeness (QED) is 0.614. The minimum absolute atomic E-state index is 0.682. The zero-order chi connectivity index (χ0) is 12.5. The molecule has 0 aliphatic heterocycles. The SMILES string of the molecule is CN(C(N)=NC[C@@H]1C[C@H]1C1CCCCC1)C1CC1. The van der Waals surface area contributed by atoms with Gasteiger partial charge in [0, 0.05) is 19.6 Å². The Morgan fingerprint density at radius 3 is 2.56 bits per heavy atom. The first-order valence-electron chi connectivity index (χ1n) is 7.78. The van der Waals surface area contributed by atoms with Crippen molar-refractivity contribution >= 4 is 5.96 Å². The first kappa shape index (κ1) is 12.3. The summed E-state index contributed by atoms with van der Waals surface area (Å²) in [5.74, 6) is 3.61. The van der Waals surface area contributed by atoms with Crippen molar-refractivity contribution in [1.82, 2.24) is 4.90 Å². The van der Waals surface area contributed by atoms with Gasteiger partial charge in [0.15, 0.2) is 5.96 Å². The average molecular weight is 249 g/mol. The highest BCUT2D eigenvalue weighted by atomic mass is 15.3. The van der Waals surface area contributed by atoms with Crippen LogP contribution in [0.15, 0.2) is 4.99 Å². The molecule has 2 N–H and O–H groups in total. The Labute approximate surface area is 111 Å². The molecule has 3 nitrogen and oxygen atoms in total. The highest BCUT2D eigenvalue weighted by Gasteiger charge is 2.42. The van der Waals surface area contributed by atoms with Crippen LogP contribution >= 0.6 is 0 Å². The van der Waals surface area contributed by atoms with E-state index in [1.807, 2.05) is 0 Å². The monoisotopic (exact) mass is 249 g/mol. The van der Waals surface area contributed by atoms with Gasteiger partial charge in [-0.05, 0) is 37.0 Å². The van der Waals surface area contributed by atoms with Crippen molar-refractivity contribution in [3.05, 3.63) is 0 Å². The number of hydrogen-bond donors (Lipinski definition) is 1. The summed E-state index contributed by atoms with van der Waals surface area (Å²) in [6.07, 6.45) is 11.3. The van der Waals surface area contributed by atoms with Crippen LogP contribution in [-0.2, 0) is 0 Å². The molecule has 3 rings (SSSR count). The van der Waals surface area contributed by atoms with E-state index in [0.717, 1.165) is 30.3 Å². The Bertz CT molecular complexity index is 316. The summed E-state index contributed by atoms with van der Waals surface area (Å²) >= 11 is 0. The third kappa shape index (κ3) is 2.81. The zero-order valence-corrected chi connectivity index (χ0v) is 11.6. The summed E-state index contributed by atoms with van der Waals surface area (Å²) in [6.45, 7) is 0.976. The number of hydrogen-bond acceptors (Lipinski definition) is 1. The fourth-order valence-corrected chi connectivity index (χ4v) is 3.59. The molecule has 0 radical (unpaired) electrons. The minimum atomic E-state index is 0.682. The summed E-state index contributed by atoms with van der Waals surface area (Å²) in [6, 6.07) is 0.682. The van der Waals surface area contributed by atoms with E-state index in [1.54, 1.807) is 0 Å². The second-order valence-electron chi connectivity index (χ2n) is 6.60. The Balaban J connectivity index is 1.42. The van der Waals surface area contributed by atoms with Crippen LogP contribution in [0.4, 0.5) is 0 Å². The van der Waals surface area contributed by atoms with Crippen molar-refractivity contribution in [1.29, 1.82) is 0 Å². The van der Waals surface area contributed by atoms with E-state index in [-0.39, 0.29) is 0 Å². The Hall–Kier alpha value is -0.730. The predicted molar refractivity (Wildman–Crippen MR) is 75.4 cm³/mol. The van der Waals surface area contributed by atoms with Crippen molar-refractivity contribution < 1.29 is 0 Å². The average Bonchev–Trinajstić information content (AvgIpc) is 3.29. The minimum Gasteiger partial charge on any atom is -0.370 e. The smallest absolute Gasteiger partial charge is 0.191 e. The van der Waals surface area contributed by atoms with Gasteiger partial charge in [0.05, 0.1) is 0 Å². The van der Waals surface area contributed by atoms with Gasteiger partial charge in [-0.1, -0.05) is 32.1 Å². The lowest BCUT2D eigenvalue weighted by molar-refractivity contribution is 0.310. The molecule has 0 amide bonds. The fourth-order valence-electron chi connectivity index (χ4n) is 3.59. The molecule has 2 atom stereocenters. The van der Waals surface area contributed by atoms with Crippen LogP contribution in [0.3, 0.4) is 0 Å². The highest BCUT2D eigenvalue weighted by Crippen LogP contribution is 2.49. The van der Waals surface area contributed by atoms with E-state index < -0.39 is 0 Å². The van der Waals surface area contributed by atoms with Gasteiger partial charge >= 0.3 is 0 Å². The van der Waals surface area contributed by atoms with Crippen molar-refractivity contribution in [2.75, 3.05) is 13.6 Å². The van der Waals surface area contributed by atoms with Gasteiger partial charge in [-0.2, -0.15) is 0 Å². The van der Waals surface area contributed by atoms with Gasteiger partial charge < -0.3 is 10.6 Å². The molecule has 0 unspecified atom stereocenters. The molecule has 0 bridgehead atoms. The van der Waals surface area contributed by atoms with Crippen LogP contribution < -0.4 is 5.73 Å². The Kier molecular flexibility index (Phi) is 3.49. The molecule has 0 spiro atoms. The van der Waals surface area contributed by atoms with E-state index in [4.69, 9.17) is 5.73 Å². The largest absolute Gasteiger partial charge is 0.370 e. The molecule has 18 heavy (non-hydrogen) atoms. The molecular formula is C15H27N3. The number of nitrogens with two attached hydrogens (primary N) is 1. The second-order valence-corrected chi connectivity index (χ2v) is 6.60. The molecule has 3 fully saturated rings. The number of guanidine groups is 1. The molecule has 0 aromatic carbocycles. The second kappa shape index (κ2) is 5.10. The number of aliphatic imine (C=N–C) groups is 1. The van der Waals surface area contributed by atoms with Crippen LogP contribution in [0.1, 0.15) is 51.4 Å². The fraction of sp³-hybridized carbons (Fsp3) is 0.933. The maximum atomic E-state index is 6.03. The molecule has 3 aliphatic carbocycles. The van der Waals surface area contributed by atoms with Crippen LogP contribution in [0.25, 0.3) is 0 Å². The lowest BCUT2D eigenvalue weighted by atomic mass is 9.85. The highest BCUT2D eigenvalue weighted by molar-refractivity contribution is 5.78. The van der Waals surface area contributed by atoms with Crippen LogP contribution in [-0.4, -0.2) is 30.5 Å². The summed E-state index contributed by atoms with van der Waals surface area (Å²) < 4.78 is 0. The lowest BCUT2D eigenvalue weighted by Gasteiger charge is -2.21.